The number of benzene rings is 1. The fourth-order valence-corrected chi connectivity index (χ4v) is 3.27. The third-order valence-electron chi connectivity index (χ3n) is 4.72. The summed E-state index contributed by atoms with van der Waals surface area (Å²) < 4.78 is 0. The molecule has 7 heteroatoms. The first-order chi connectivity index (χ1) is 11.3. The average Bonchev–Trinajstić information content (AvgIpc) is 3.02. The maximum Gasteiger partial charge on any atom is 0.220 e. The van der Waals surface area contributed by atoms with Crippen molar-refractivity contribution >= 4 is 41.8 Å². The first-order valence-electron chi connectivity index (χ1n) is 8.71. The van der Waals surface area contributed by atoms with Crippen molar-refractivity contribution in [2.24, 2.45) is 5.92 Å². The number of nitrogens with zero attached hydrogens (tertiary/aromatic N) is 1. The van der Waals surface area contributed by atoms with E-state index in [1.54, 1.807) is 0 Å². The van der Waals surface area contributed by atoms with Crippen LogP contribution in [0.3, 0.4) is 0 Å². The molecule has 1 unspecified atom stereocenters. The minimum absolute atomic E-state index is 0. The number of aromatic nitrogens is 2. The van der Waals surface area contributed by atoms with Crippen LogP contribution in [-0.2, 0) is 4.79 Å². The second-order valence-electron chi connectivity index (χ2n) is 6.40. The maximum atomic E-state index is 12.3. The fraction of sp³-hybridized carbons (Fsp3) is 0.556. The van der Waals surface area contributed by atoms with Crippen LogP contribution in [0.5, 0.6) is 0 Å². The van der Waals surface area contributed by atoms with Crippen molar-refractivity contribution in [3.8, 4) is 0 Å². The molecule has 1 aromatic heterocycles. The first-order valence-corrected chi connectivity index (χ1v) is 8.71. The van der Waals surface area contributed by atoms with Gasteiger partial charge >= 0.3 is 0 Å². The number of para-hydroxylation sites is 2. The molecule has 0 radical (unpaired) electrons. The molecular weight excluding hydrogens is 359 g/mol. The van der Waals surface area contributed by atoms with E-state index in [9.17, 15) is 4.79 Å². The molecule has 1 amide bonds. The van der Waals surface area contributed by atoms with E-state index in [0.29, 0.717) is 12.3 Å². The minimum Gasteiger partial charge on any atom is -0.346 e. The van der Waals surface area contributed by atoms with Gasteiger partial charge in [-0.25, -0.2) is 4.98 Å². The van der Waals surface area contributed by atoms with Gasteiger partial charge < -0.3 is 15.6 Å². The highest BCUT2D eigenvalue weighted by Crippen LogP contribution is 2.20. The fourth-order valence-electron chi connectivity index (χ4n) is 3.27. The van der Waals surface area contributed by atoms with Crippen LogP contribution in [0.25, 0.3) is 11.0 Å². The van der Waals surface area contributed by atoms with Crippen LogP contribution in [0, 0.1) is 5.92 Å². The molecule has 2 aromatic rings. The monoisotopic (exact) mass is 386 g/mol. The predicted molar refractivity (Wildman–Crippen MR) is 107 cm³/mol. The Balaban J connectivity index is 0.00000156. The Kier molecular flexibility index (Phi) is 9.25. The molecule has 1 fully saturated rings. The Morgan fingerprint density at radius 1 is 1.28 bits per heavy atom. The van der Waals surface area contributed by atoms with E-state index >= 15 is 0 Å². The van der Waals surface area contributed by atoms with E-state index in [1.807, 2.05) is 24.3 Å². The second-order valence-corrected chi connectivity index (χ2v) is 6.40. The predicted octanol–water partition coefficient (Wildman–Crippen LogP) is 3.75. The molecular formula is C18H28Cl2N4O. The third kappa shape index (κ3) is 5.87. The summed E-state index contributed by atoms with van der Waals surface area (Å²) in [5.74, 6) is 1.67. The molecule has 0 aliphatic carbocycles. The van der Waals surface area contributed by atoms with E-state index < -0.39 is 0 Å². The molecule has 1 aliphatic rings. The summed E-state index contributed by atoms with van der Waals surface area (Å²) in [4.78, 5) is 20.2. The number of aromatic amines is 1. The summed E-state index contributed by atoms with van der Waals surface area (Å²) in [6.45, 7) is 4.25. The quantitative estimate of drug-likeness (QED) is 0.707. The highest BCUT2D eigenvalue weighted by atomic mass is 35.5. The zero-order valence-electron chi connectivity index (χ0n) is 14.6. The molecule has 0 spiro atoms. The molecule has 1 aliphatic heterocycles. The van der Waals surface area contributed by atoms with Gasteiger partial charge in [-0.3, -0.25) is 4.79 Å². The van der Waals surface area contributed by atoms with E-state index in [4.69, 9.17) is 0 Å². The molecule has 140 valence electrons. The van der Waals surface area contributed by atoms with Crippen LogP contribution in [0.15, 0.2) is 24.3 Å². The molecule has 1 atom stereocenters. The van der Waals surface area contributed by atoms with Crippen LogP contribution in [0.2, 0.25) is 0 Å². The average molecular weight is 387 g/mol. The van der Waals surface area contributed by atoms with Crippen molar-refractivity contribution < 1.29 is 4.79 Å². The number of nitrogens with one attached hydrogen (secondary N) is 3. The van der Waals surface area contributed by atoms with E-state index in [0.717, 1.165) is 42.8 Å². The normalized spacial score (nSPS) is 15.9. The van der Waals surface area contributed by atoms with E-state index in [1.165, 1.54) is 12.8 Å². The van der Waals surface area contributed by atoms with Crippen molar-refractivity contribution in [3.05, 3.63) is 30.1 Å². The van der Waals surface area contributed by atoms with Gasteiger partial charge in [0.05, 0.1) is 17.1 Å². The van der Waals surface area contributed by atoms with Gasteiger partial charge in [0.1, 0.15) is 5.82 Å². The molecule has 0 bridgehead atoms. The second kappa shape index (κ2) is 10.6. The number of hydrogen-bond acceptors (Lipinski definition) is 3. The summed E-state index contributed by atoms with van der Waals surface area (Å²) in [5.41, 5.74) is 1.97. The zero-order chi connectivity index (χ0) is 16.1. The lowest BCUT2D eigenvalue weighted by molar-refractivity contribution is -0.122. The summed E-state index contributed by atoms with van der Waals surface area (Å²) >= 11 is 0. The van der Waals surface area contributed by atoms with Gasteiger partial charge in [0.2, 0.25) is 5.91 Å². The number of halogens is 2. The van der Waals surface area contributed by atoms with Gasteiger partial charge in [-0.05, 0) is 56.8 Å². The number of H-pyrrole nitrogens is 1. The van der Waals surface area contributed by atoms with Crippen LogP contribution in [-0.4, -0.2) is 29.0 Å². The molecule has 5 nitrogen and oxygen atoms in total. The van der Waals surface area contributed by atoms with Crippen molar-refractivity contribution in [3.63, 3.8) is 0 Å². The number of rotatable bonds is 6. The smallest absolute Gasteiger partial charge is 0.220 e. The summed E-state index contributed by atoms with van der Waals surface area (Å²) in [6.07, 6.45) is 4.81. The SMILES string of the molecule is CCC(NC(=O)CCC1CCNCC1)c1nc2ccccc2[nH]1.Cl.Cl. The van der Waals surface area contributed by atoms with Crippen molar-refractivity contribution in [2.75, 3.05) is 13.1 Å². The number of amides is 1. The number of piperidine rings is 1. The Morgan fingerprint density at radius 3 is 2.68 bits per heavy atom. The van der Waals surface area contributed by atoms with Crippen molar-refractivity contribution in [2.45, 2.75) is 45.1 Å². The van der Waals surface area contributed by atoms with Crippen LogP contribution < -0.4 is 10.6 Å². The molecule has 1 aromatic carbocycles. The molecule has 0 saturated carbocycles. The zero-order valence-corrected chi connectivity index (χ0v) is 16.2. The summed E-state index contributed by atoms with van der Waals surface area (Å²) in [6, 6.07) is 7.93. The topological polar surface area (TPSA) is 69.8 Å². The van der Waals surface area contributed by atoms with Crippen molar-refractivity contribution in [1.29, 1.82) is 0 Å². The molecule has 1 saturated heterocycles. The molecule has 2 heterocycles. The summed E-state index contributed by atoms with van der Waals surface area (Å²) in [5, 5.41) is 6.50. The largest absolute Gasteiger partial charge is 0.346 e. The first kappa shape index (κ1) is 21.7. The lowest BCUT2D eigenvalue weighted by atomic mass is 9.93. The molecule has 3 rings (SSSR count). The Morgan fingerprint density at radius 2 is 2.00 bits per heavy atom. The molecule has 3 N–H and O–H groups in total. The van der Waals surface area contributed by atoms with Crippen LogP contribution in [0.4, 0.5) is 0 Å². The Labute approximate surface area is 161 Å². The number of carbonyl (C=O) groups excluding carboxylic acids is 1. The van der Waals surface area contributed by atoms with Gasteiger partial charge in [0.15, 0.2) is 0 Å². The van der Waals surface area contributed by atoms with Crippen LogP contribution in [0.1, 0.15) is 50.9 Å². The van der Waals surface area contributed by atoms with Gasteiger partial charge in [-0.1, -0.05) is 19.1 Å². The summed E-state index contributed by atoms with van der Waals surface area (Å²) in [7, 11) is 0. The lowest BCUT2D eigenvalue weighted by Gasteiger charge is -2.22. The minimum atomic E-state index is -0.0390. The Bertz CT molecular complexity index is 622. The number of fused-ring (bicyclic) bond motifs is 1. The standard InChI is InChI=1S/C18H26N4O.2ClH/c1-2-14(18-21-15-5-3-4-6-16(15)22-18)20-17(23)8-7-13-9-11-19-12-10-13;;/h3-6,13-14,19H,2,7-12H2,1H3,(H,20,23)(H,21,22);2*1H. The van der Waals surface area contributed by atoms with E-state index in [2.05, 4.69) is 27.5 Å². The maximum absolute atomic E-state index is 12.3. The van der Waals surface area contributed by atoms with Crippen molar-refractivity contribution in [1.82, 2.24) is 20.6 Å². The van der Waals surface area contributed by atoms with E-state index in [-0.39, 0.29) is 36.8 Å². The van der Waals surface area contributed by atoms with Gasteiger partial charge in [0, 0.05) is 6.42 Å². The van der Waals surface area contributed by atoms with Crippen LogP contribution >= 0.6 is 24.8 Å². The number of hydrogen-bond donors (Lipinski definition) is 3. The van der Waals surface area contributed by atoms with Gasteiger partial charge in [0.25, 0.3) is 0 Å². The lowest BCUT2D eigenvalue weighted by Crippen LogP contribution is -2.31. The van der Waals surface area contributed by atoms with Gasteiger partial charge in [-0.2, -0.15) is 0 Å². The highest BCUT2D eigenvalue weighted by molar-refractivity contribution is 5.85. The van der Waals surface area contributed by atoms with Gasteiger partial charge in [-0.15, -0.1) is 24.8 Å². The highest BCUT2D eigenvalue weighted by Gasteiger charge is 2.18. The Hall–Kier alpha value is -1.30. The molecule has 25 heavy (non-hydrogen) atoms. The third-order valence-corrected chi connectivity index (χ3v) is 4.72. The number of carbonyl (C=O) groups is 1. The number of imidazole rings is 1.